The number of rotatable bonds is 1. The quantitative estimate of drug-likeness (QED) is 0.819. The summed E-state index contributed by atoms with van der Waals surface area (Å²) < 4.78 is 6.21. The molecule has 1 aliphatic rings. The molecule has 2 aromatic rings. The summed E-state index contributed by atoms with van der Waals surface area (Å²) in [4.78, 5) is 0. The molecule has 1 aromatic carbocycles. The van der Waals surface area contributed by atoms with Crippen LogP contribution in [0.1, 0.15) is 11.1 Å². The average Bonchev–Trinajstić information content (AvgIpc) is 2.82. The molecule has 4 heteroatoms. The van der Waals surface area contributed by atoms with Crippen LogP contribution < -0.4 is 5.32 Å². The van der Waals surface area contributed by atoms with Gasteiger partial charge in [0.2, 0.25) is 0 Å². The first-order valence-corrected chi connectivity index (χ1v) is 6.34. The molecule has 16 heavy (non-hydrogen) atoms. The van der Waals surface area contributed by atoms with Gasteiger partial charge in [-0.2, -0.15) is 0 Å². The summed E-state index contributed by atoms with van der Waals surface area (Å²) in [6, 6.07) is 4.45. The minimum absolute atomic E-state index is 0.984. The van der Waals surface area contributed by atoms with Crippen LogP contribution in [0.3, 0.4) is 0 Å². The van der Waals surface area contributed by atoms with Crippen molar-refractivity contribution in [3.8, 4) is 11.1 Å². The van der Waals surface area contributed by atoms with Crippen LogP contribution in [0.15, 0.2) is 29.1 Å². The number of benzene rings is 1. The van der Waals surface area contributed by atoms with Crippen LogP contribution in [-0.2, 0) is 13.0 Å². The Kier molecular flexibility index (Phi) is 2.69. The third kappa shape index (κ3) is 1.76. The summed E-state index contributed by atoms with van der Waals surface area (Å²) in [5, 5.41) is 7.15. The maximum absolute atomic E-state index is 4.89. The highest BCUT2D eigenvalue weighted by Crippen LogP contribution is 2.28. The normalized spacial score (nSPS) is 14.8. The van der Waals surface area contributed by atoms with Crippen LogP contribution >= 0.6 is 22.6 Å². The molecule has 0 saturated heterocycles. The molecular formula is C12H11IN2O. The summed E-state index contributed by atoms with van der Waals surface area (Å²) in [6.45, 7) is 2.05. The van der Waals surface area contributed by atoms with Crippen LogP contribution in [0.25, 0.3) is 11.1 Å². The van der Waals surface area contributed by atoms with Crippen molar-refractivity contribution in [3.63, 3.8) is 0 Å². The molecular weight excluding hydrogens is 315 g/mol. The van der Waals surface area contributed by atoms with Crippen molar-refractivity contribution in [2.75, 3.05) is 6.54 Å². The van der Waals surface area contributed by atoms with Gasteiger partial charge in [-0.1, -0.05) is 11.2 Å². The Labute approximate surface area is 107 Å². The molecule has 0 saturated carbocycles. The van der Waals surface area contributed by atoms with Crippen molar-refractivity contribution in [1.29, 1.82) is 0 Å². The molecule has 0 amide bonds. The summed E-state index contributed by atoms with van der Waals surface area (Å²) in [5.74, 6) is 0. The Morgan fingerprint density at radius 3 is 3.06 bits per heavy atom. The molecule has 0 atom stereocenters. The smallest absolute Gasteiger partial charge is 0.131 e. The maximum atomic E-state index is 4.89. The van der Waals surface area contributed by atoms with E-state index in [0.29, 0.717) is 0 Å². The highest BCUT2D eigenvalue weighted by Gasteiger charge is 2.14. The van der Waals surface area contributed by atoms with E-state index in [9.17, 15) is 0 Å². The molecule has 0 unspecified atom stereocenters. The van der Waals surface area contributed by atoms with Crippen molar-refractivity contribution < 1.29 is 4.52 Å². The fourth-order valence-corrected chi connectivity index (χ4v) is 2.94. The number of hydrogen-bond donors (Lipinski definition) is 1. The van der Waals surface area contributed by atoms with Gasteiger partial charge in [0.05, 0.1) is 6.20 Å². The largest absolute Gasteiger partial charge is 0.364 e. The second-order valence-electron chi connectivity index (χ2n) is 3.94. The maximum Gasteiger partial charge on any atom is 0.131 e. The van der Waals surface area contributed by atoms with E-state index in [2.05, 4.69) is 45.2 Å². The third-order valence-electron chi connectivity index (χ3n) is 2.93. The van der Waals surface area contributed by atoms with Crippen LogP contribution in [0.4, 0.5) is 0 Å². The summed E-state index contributed by atoms with van der Waals surface area (Å²) in [7, 11) is 0. The minimum atomic E-state index is 0.984. The van der Waals surface area contributed by atoms with Gasteiger partial charge in [-0.3, -0.25) is 0 Å². The van der Waals surface area contributed by atoms with E-state index in [4.69, 9.17) is 4.52 Å². The number of halogens is 1. The fraction of sp³-hybridized carbons (Fsp3) is 0.250. The molecule has 3 nitrogen and oxygen atoms in total. The zero-order valence-electron chi connectivity index (χ0n) is 8.66. The summed E-state index contributed by atoms with van der Waals surface area (Å²) in [6.07, 6.45) is 4.56. The predicted octanol–water partition coefficient (Wildman–Crippen LogP) is 2.59. The minimum Gasteiger partial charge on any atom is -0.364 e. The number of nitrogens with one attached hydrogen (secondary N) is 1. The molecule has 0 aliphatic carbocycles. The molecule has 1 N–H and O–H groups in total. The van der Waals surface area contributed by atoms with E-state index >= 15 is 0 Å². The zero-order valence-corrected chi connectivity index (χ0v) is 10.8. The van der Waals surface area contributed by atoms with Gasteiger partial charge in [0.1, 0.15) is 6.26 Å². The highest BCUT2D eigenvalue weighted by atomic mass is 127. The van der Waals surface area contributed by atoms with Crippen molar-refractivity contribution in [2.24, 2.45) is 0 Å². The lowest BCUT2D eigenvalue weighted by Crippen LogP contribution is -2.24. The van der Waals surface area contributed by atoms with Gasteiger partial charge in [-0.05, 0) is 58.3 Å². The number of nitrogens with zero attached hydrogens (tertiary/aromatic N) is 1. The molecule has 3 rings (SSSR count). The van der Waals surface area contributed by atoms with Crippen molar-refractivity contribution in [2.45, 2.75) is 13.0 Å². The van der Waals surface area contributed by atoms with E-state index in [1.165, 1.54) is 20.3 Å². The molecule has 1 aliphatic heterocycles. The highest BCUT2D eigenvalue weighted by molar-refractivity contribution is 14.1. The topological polar surface area (TPSA) is 38.1 Å². The van der Waals surface area contributed by atoms with E-state index in [1.54, 1.807) is 12.5 Å². The number of aromatic nitrogens is 1. The SMILES string of the molecule is Ic1cc(-c2cnoc2)cc2c1CNCC2. The van der Waals surface area contributed by atoms with E-state index in [0.717, 1.165) is 25.1 Å². The van der Waals surface area contributed by atoms with Gasteiger partial charge >= 0.3 is 0 Å². The van der Waals surface area contributed by atoms with Crippen molar-refractivity contribution >= 4 is 22.6 Å². The van der Waals surface area contributed by atoms with Gasteiger partial charge in [0.15, 0.2) is 0 Å². The number of hydrogen-bond acceptors (Lipinski definition) is 3. The Morgan fingerprint density at radius 2 is 2.25 bits per heavy atom. The lowest BCUT2D eigenvalue weighted by molar-refractivity contribution is 0.420. The molecule has 82 valence electrons. The summed E-state index contributed by atoms with van der Waals surface area (Å²) in [5.41, 5.74) is 5.14. The van der Waals surface area contributed by atoms with Gasteiger partial charge in [-0.25, -0.2) is 0 Å². The van der Waals surface area contributed by atoms with Crippen molar-refractivity contribution in [1.82, 2.24) is 10.5 Å². The fourth-order valence-electron chi connectivity index (χ4n) is 2.07. The lowest BCUT2D eigenvalue weighted by Gasteiger charge is -2.19. The molecule has 0 radical (unpaired) electrons. The van der Waals surface area contributed by atoms with Gasteiger partial charge in [-0.15, -0.1) is 0 Å². The van der Waals surface area contributed by atoms with Crippen LogP contribution in [-0.4, -0.2) is 11.7 Å². The van der Waals surface area contributed by atoms with Crippen molar-refractivity contribution in [3.05, 3.63) is 39.3 Å². The molecule has 0 bridgehead atoms. The van der Waals surface area contributed by atoms with Crippen LogP contribution in [0.5, 0.6) is 0 Å². The third-order valence-corrected chi connectivity index (χ3v) is 3.89. The average molecular weight is 326 g/mol. The number of fused-ring (bicyclic) bond motifs is 1. The zero-order chi connectivity index (χ0) is 11.0. The van der Waals surface area contributed by atoms with E-state index in [-0.39, 0.29) is 0 Å². The van der Waals surface area contributed by atoms with Gasteiger partial charge in [0.25, 0.3) is 0 Å². The van der Waals surface area contributed by atoms with E-state index < -0.39 is 0 Å². The molecule has 0 spiro atoms. The standard InChI is InChI=1S/C12H11IN2O/c13-12-4-9(10-5-15-16-7-10)3-8-1-2-14-6-11(8)12/h3-5,7,14H,1-2,6H2. The lowest BCUT2D eigenvalue weighted by atomic mass is 9.97. The summed E-state index contributed by atoms with van der Waals surface area (Å²) >= 11 is 2.40. The molecule has 1 aromatic heterocycles. The monoisotopic (exact) mass is 326 g/mol. The predicted molar refractivity (Wildman–Crippen MR) is 70.1 cm³/mol. The van der Waals surface area contributed by atoms with Crippen LogP contribution in [0.2, 0.25) is 0 Å². The Balaban J connectivity index is 2.12. The van der Waals surface area contributed by atoms with Crippen LogP contribution in [0, 0.1) is 3.57 Å². The second-order valence-corrected chi connectivity index (χ2v) is 5.10. The second kappa shape index (κ2) is 4.18. The first-order valence-electron chi connectivity index (χ1n) is 5.26. The Morgan fingerprint density at radius 1 is 1.31 bits per heavy atom. The molecule has 2 heterocycles. The Bertz CT molecular complexity index is 508. The molecule has 0 fully saturated rings. The first-order chi connectivity index (χ1) is 7.84. The van der Waals surface area contributed by atoms with E-state index in [1.807, 2.05) is 0 Å². The first kappa shape index (κ1) is 10.3. The van der Waals surface area contributed by atoms with Gasteiger partial charge < -0.3 is 9.84 Å². The van der Waals surface area contributed by atoms with Gasteiger partial charge in [0, 0.05) is 15.7 Å². The Hall–Kier alpha value is -0.880.